The lowest BCUT2D eigenvalue weighted by Crippen LogP contribution is -2.38. The van der Waals surface area contributed by atoms with Crippen molar-refractivity contribution >= 4 is 11.3 Å². The van der Waals surface area contributed by atoms with E-state index in [-0.39, 0.29) is 6.10 Å². The zero-order chi connectivity index (χ0) is 13.1. The van der Waals surface area contributed by atoms with Crippen molar-refractivity contribution in [3.63, 3.8) is 0 Å². The van der Waals surface area contributed by atoms with E-state index in [1.807, 2.05) is 6.20 Å². The summed E-state index contributed by atoms with van der Waals surface area (Å²) in [6.07, 6.45) is 2.02. The first-order valence-electron chi connectivity index (χ1n) is 6.59. The van der Waals surface area contributed by atoms with Gasteiger partial charge in [-0.3, -0.25) is 9.88 Å². The van der Waals surface area contributed by atoms with Gasteiger partial charge in [-0.15, -0.1) is 0 Å². The molecule has 2 aromatic heterocycles. The van der Waals surface area contributed by atoms with Gasteiger partial charge < -0.3 is 4.74 Å². The molecule has 1 fully saturated rings. The summed E-state index contributed by atoms with van der Waals surface area (Å²) in [6.45, 7) is 5.77. The van der Waals surface area contributed by atoms with Crippen LogP contribution in [0.1, 0.15) is 22.9 Å². The summed E-state index contributed by atoms with van der Waals surface area (Å²) < 4.78 is 5.85. The Kier molecular flexibility index (Phi) is 3.92. The van der Waals surface area contributed by atoms with Crippen molar-refractivity contribution in [1.82, 2.24) is 9.88 Å². The molecule has 3 heterocycles. The van der Waals surface area contributed by atoms with Crippen LogP contribution in [0.25, 0.3) is 0 Å². The largest absolute Gasteiger partial charge is 0.369 e. The Bertz CT molecular complexity index is 509. The number of hydrogen-bond acceptors (Lipinski definition) is 4. The van der Waals surface area contributed by atoms with Gasteiger partial charge in [0.1, 0.15) is 6.10 Å². The van der Waals surface area contributed by atoms with Gasteiger partial charge in [-0.25, -0.2) is 0 Å². The molecule has 0 N–H and O–H groups in total. The number of nitrogens with zero attached hydrogens (tertiary/aromatic N) is 2. The lowest BCUT2D eigenvalue weighted by atomic mass is 10.1. The predicted octanol–water partition coefficient (Wildman–Crippen LogP) is 3.03. The van der Waals surface area contributed by atoms with Crippen LogP contribution in [0.2, 0.25) is 0 Å². The van der Waals surface area contributed by atoms with Gasteiger partial charge in [-0.2, -0.15) is 11.3 Å². The normalized spacial score (nSPS) is 20.6. The van der Waals surface area contributed by atoms with Crippen molar-refractivity contribution in [3.8, 4) is 0 Å². The summed E-state index contributed by atoms with van der Waals surface area (Å²) in [5.74, 6) is 0. The number of aryl methyl sites for hydroxylation is 1. The molecule has 0 radical (unpaired) electrons. The first kappa shape index (κ1) is 12.8. The first-order chi connectivity index (χ1) is 9.31. The maximum absolute atomic E-state index is 5.85. The number of hydrogen-bond donors (Lipinski definition) is 0. The van der Waals surface area contributed by atoms with Gasteiger partial charge in [0.15, 0.2) is 0 Å². The molecule has 1 aliphatic heterocycles. The molecule has 3 nitrogen and oxygen atoms in total. The predicted molar refractivity (Wildman–Crippen MR) is 77.3 cm³/mol. The van der Waals surface area contributed by atoms with Crippen LogP contribution in [0.5, 0.6) is 0 Å². The molecule has 0 amide bonds. The fourth-order valence-corrected chi connectivity index (χ4v) is 3.00. The SMILES string of the molecule is Cc1ccc(C2CN(Cc3ccsc3)CCO2)nc1. The Hall–Kier alpha value is -1.23. The highest BCUT2D eigenvalue weighted by atomic mass is 32.1. The Morgan fingerprint density at radius 3 is 3.11 bits per heavy atom. The quantitative estimate of drug-likeness (QED) is 0.860. The molecule has 0 spiro atoms. The summed E-state index contributed by atoms with van der Waals surface area (Å²) in [5.41, 5.74) is 3.62. The van der Waals surface area contributed by atoms with Crippen molar-refractivity contribution in [2.75, 3.05) is 19.7 Å². The van der Waals surface area contributed by atoms with E-state index >= 15 is 0 Å². The fraction of sp³-hybridized carbons (Fsp3) is 0.400. The summed E-state index contributed by atoms with van der Waals surface area (Å²) in [6, 6.07) is 6.37. The monoisotopic (exact) mass is 274 g/mol. The van der Waals surface area contributed by atoms with E-state index in [1.165, 1.54) is 11.1 Å². The first-order valence-corrected chi connectivity index (χ1v) is 7.53. The third kappa shape index (κ3) is 3.21. The van der Waals surface area contributed by atoms with Gasteiger partial charge in [0.25, 0.3) is 0 Å². The minimum atomic E-state index is 0.105. The van der Waals surface area contributed by atoms with E-state index in [0.29, 0.717) is 0 Å². The molecule has 4 heteroatoms. The van der Waals surface area contributed by atoms with E-state index in [4.69, 9.17) is 4.74 Å². The molecular formula is C15H18N2OS. The van der Waals surface area contributed by atoms with Gasteiger partial charge in [0.05, 0.1) is 12.3 Å². The zero-order valence-electron chi connectivity index (χ0n) is 11.1. The van der Waals surface area contributed by atoms with Crippen molar-refractivity contribution < 1.29 is 4.74 Å². The maximum atomic E-state index is 5.85. The fourth-order valence-electron chi connectivity index (χ4n) is 2.34. The molecule has 0 bridgehead atoms. The second-order valence-electron chi connectivity index (χ2n) is 4.99. The molecule has 0 aliphatic carbocycles. The van der Waals surface area contributed by atoms with Crippen molar-refractivity contribution in [2.24, 2.45) is 0 Å². The van der Waals surface area contributed by atoms with Crippen molar-refractivity contribution in [2.45, 2.75) is 19.6 Å². The van der Waals surface area contributed by atoms with Gasteiger partial charge in [-0.1, -0.05) is 6.07 Å². The summed E-state index contributed by atoms with van der Waals surface area (Å²) in [7, 11) is 0. The Labute approximate surface area is 117 Å². The average molecular weight is 274 g/mol. The van der Waals surface area contributed by atoms with E-state index in [0.717, 1.165) is 31.9 Å². The van der Waals surface area contributed by atoms with Crippen LogP contribution < -0.4 is 0 Å². The van der Waals surface area contributed by atoms with Gasteiger partial charge in [0, 0.05) is 25.8 Å². The van der Waals surface area contributed by atoms with E-state index in [2.05, 4.69) is 45.8 Å². The second kappa shape index (κ2) is 5.82. The Balaban J connectivity index is 1.66. The average Bonchev–Trinajstić information content (AvgIpc) is 2.93. The molecule has 1 atom stereocenters. The molecule has 2 aromatic rings. The molecule has 1 saturated heterocycles. The molecule has 0 saturated carbocycles. The number of ether oxygens (including phenoxy) is 1. The highest BCUT2D eigenvalue weighted by Crippen LogP contribution is 2.22. The maximum Gasteiger partial charge on any atom is 0.112 e. The van der Waals surface area contributed by atoms with Gasteiger partial charge in [0.2, 0.25) is 0 Å². The van der Waals surface area contributed by atoms with Crippen molar-refractivity contribution in [3.05, 3.63) is 52.0 Å². The number of thiophene rings is 1. The van der Waals surface area contributed by atoms with Crippen molar-refractivity contribution in [1.29, 1.82) is 0 Å². The van der Waals surface area contributed by atoms with Crippen LogP contribution in [0, 0.1) is 6.92 Å². The van der Waals surface area contributed by atoms with Crippen LogP contribution in [0.15, 0.2) is 35.2 Å². The topological polar surface area (TPSA) is 25.4 Å². The molecular weight excluding hydrogens is 256 g/mol. The standard InChI is InChI=1S/C15H18N2OS/c1-12-2-3-14(16-8-12)15-10-17(5-6-18-15)9-13-4-7-19-11-13/h2-4,7-8,11,15H,5-6,9-10H2,1H3. The third-order valence-electron chi connectivity index (χ3n) is 3.40. The molecule has 19 heavy (non-hydrogen) atoms. The molecule has 1 aliphatic rings. The number of morpholine rings is 1. The highest BCUT2D eigenvalue weighted by Gasteiger charge is 2.22. The van der Waals surface area contributed by atoms with E-state index in [1.54, 1.807) is 11.3 Å². The lowest BCUT2D eigenvalue weighted by Gasteiger charge is -2.32. The molecule has 0 aromatic carbocycles. The highest BCUT2D eigenvalue weighted by molar-refractivity contribution is 7.07. The molecule has 1 unspecified atom stereocenters. The van der Waals surface area contributed by atoms with E-state index < -0.39 is 0 Å². The minimum absolute atomic E-state index is 0.105. The summed E-state index contributed by atoms with van der Waals surface area (Å²) in [5, 5.41) is 4.35. The van der Waals surface area contributed by atoms with Crippen LogP contribution in [-0.4, -0.2) is 29.6 Å². The second-order valence-corrected chi connectivity index (χ2v) is 5.77. The van der Waals surface area contributed by atoms with Crippen LogP contribution in [0.4, 0.5) is 0 Å². The summed E-state index contributed by atoms with van der Waals surface area (Å²) in [4.78, 5) is 6.93. The summed E-state index contributed by atoms with van der Waals surface area (Å²) >= 11 is 1.76. The zero-order valence-corrected chi connectivity index (χ0v) is 11.9. The van der Waals surface area contributed by atoms with Crippen LogP contribution in [-0.2, 0) is 11.3 Å². The smallest absolute Gasteiger partial charge is 0.112 e. The number of aromatic nitrogens is 1. The van der Waals surface area contributed by atoms with E-state index in [9.17, 15) is 0 Å². The lowest BCUT2D eigenvalue weighted by molar-refractivity contribution is -0.0349. The van der Waals surface area contributed by atoms with Crippen LogP contribution in [0.3, 0.4) is 0 Å². The van der Waals surface area contributed by atoms with Crippen LogP contribution >= 0.6 is 11.3 Å². The number of rotatable bonds is 3. The minimum Gasteiger partial charge on any atom is -0.369 e. The Morgan fingerprint density at radius 1 is 1.42 bits per heavy atom. The Morgan fingerprint density at radius 2 is 2.37 bits per heavy atom. The molecule has 3 rings (SSSR count). The number of pyridine rings is 1. The third-order valence-corrected chi connectivity index (χ3v) is 4.13. The van der Waals surface area contributed by atoms with Gasteiger partial charge >= 0.3 is 0 Å². The molecule has 100 valence electrons. The van der Waals surface area contributed by atoms with Gasteiger partial charge in [-0.05, 0) is 40.9 Å².